The molecule has 0 heterocycles. The zero-order valence-corrected chi connectivity index (χ0v) is 15.4. The van der Waals surface area contributed by atoms with Gasteiger partial charge in [0, 0.05) is 0 Å². The molecule has 0 saturated carbocycles. The summed E-state index contributed by atoms with van der Waals surface area (Å²) in [7, 11) is 0. The Bertz CT molecular complexity index is 555. The van der Waals surface area contributed by atoms with Gasteiger partial charge in [0.2, 0.25) is 0 Å². The van der Waals surface area contributed by atoms with Crippen LogP contribution in [0.25, 0.3) is 0 Å². The summed E-state index contributed by atoms with van der Waals surface area (Å²) in [6.45, 7) is 0. The summed E-state index contributed by atoms with van der Waals surface area (Å²) in [6, 6.07) is 13.1. The molecule has 0 radical (unpaired) electrons. The first-order valence-corrected chi connectivity index (χ1v) is 11.0. The van der Waals surface area contributed by atoms with Gasteiger partial charge in [0.1, 0.15) is 0 Å². The predicted octanol–water partition coefficient (Wildman–Crippen LogP) is 1.54. The quantitative estimate of drug-likeness (QED) is 0.406. The minimum absolute atomic E-state index is 0.0841. The van der Waals surface area contributed by atoms with E-state index >= 15 is 0 Å². The van der Waals surface area contributed by atoms with Gasteiger partial charge in [0.05, 0.1) is 0 Å². The summed E-state index contributed by atoms with van der Waals surface area (Å²) < 4.78 is 2.28. The van der Waals surface area contributed by atoms with Gasteiger partial charge in [-0.3, -0.25) is 0 Å². The van der Waals surface area contributed by atoms with E-state index in [0.29, 0.717) is 0 Å². The molecule has 0 N–H and O–H groups in total. The molecule has 7 heteroatoms. The van der Waals surface area contributed by atoms with Crippen LogP contribution in [0.4, 0.5) is 11.4 Å². The van der Waals surface area contributed by atoms with Crippen molar-refractivity contribution in [1.82, 2.24) is 0 Å². The van der Waals surface area contributed by atoms with Crippen LogP contribution in [-0.2, 0) is 24.6 Å². The average molecular weight is 445 g/mol. The van der Waals surface area contributed by atoms with Gasteiger partial charge >= 0.3 is 121 Å². The molecule has 0 atom stereocenters. The predicted molar refractivity (Wildman–Crippen MR) is 65.5 cm³/mol. The summed E-state index contributed by atoms with van der Waals surface area (Å²) in [5.74, 6) is 0. The van der Waals surface area contributed by atoms with Crippen LogP contribution >= 0.6 is 0 Å². The summed E-state index contributed by atoms with van der Waals surface area (Å²) in [4.78, 5) is 20.2. The van der Waals surface area contributed by atoms with Crippen molar-refractivity contribution in [3.63, 3.8) is 0 Å². The molecule has 2 aromatic carbocycles. The Morgan fingerprint density at radius 3 is 1.26 bits per heavy atom. The number of benzene rings is 2. The third-order valence-electron chi connectivity index (χ3n) is 2.70. The first-order chi connectivity index (χ1) is 9.06. The van der Waals surface area contributed by atoms with Gasteiger partial charge in [-0.05, 0) is 0 Å². The Kier molecular flexibility index (Phi) is 4.21. The van der Waals surface area contributed by atoms with Crippen LogP contribution < -0.4 is 6.14 Å². The third kappa shape index (κ3) is 3.57. The van der Waals surface area contributed by atoms with Crippen LogP contribution in [0.5, 0.6) is 0 Å². The van der Waals surface area contributed by atoms with Crippen LogP contribution in [0.2, 0.25) is 0 Å². The molecular formula is C12H8HgN2O4. The molecule has 0 fully saturated rings. The number of nitro groups is 2. The van der Waals surface area contributed by atoms with Gasteiger partial charge in [0.25, 0.3) is 0 Å². The van der Waals surface area contributed by atoms with Crippen molar-refractivity contribution in [1.29, 1.82) is 0 Å². The second-order valence-electron chi connectivity index (χ2n) is 4.02. The molecular weight excluding hydrogens is 437 g/mol. The van der Waals surface area contributed by atoms with E-state index in [-0.39, 0.29) is 11.4 Å². The van der Waals surface area contributed by atoms with Crippen molar-refractivity contribution in [2.45, 2.75) is 0 Å². The molecule has 0 saturated heterocycles. The SMILES string of the molecule is O=[N+]([O-])c1cc[c]([Hg][c]2ccc([N+](=O)[O-])cc2)cc1. The Hall–Kier alpha value is -1.82. The van der Waals surface area contributed by atoms with Crippen molar-refractivity contribution in [3.05, 3.63) is 68.8 Å². The second kappa shape index (κ2) is 5.88. The fourth-order valence-corrected chi connectivity index (χ4v) is 7.20. The molecule has 19 heavy (non-hydrogen) atoms. The zero-order valence-electron chi connectivity index (χ0n) is 9.85. The van der Waals surface area contributed by atoms with Crippen LogP contribution in [0, 0.1) is 20.2 Å². The van der Waals surface area contributed by atoms with Crippen LogP contribution in [-0.4, -0.2) is 9.85 Å². The molecule has 0 aromatic heterocycles. The van der Waals surface area contributed by atoms with Crippen LogP contribution in [0.15, 0.2) is 48.5 Å². The van der Waals surface area contributed by atoms with E-state index in [9.17, 15) is 20.2 Å². The van der Waals surface area contributed by atoms with Crippen LogP contribution in [0.3, 0.4) is 0 Å². The van der Waals surface area contributed by atoms with Gasteiger partial charge in [0.15, 0.2) is 0 Å². The third-order valence-corrected chi connectivity index (χ3v) is 9.54. The van der Waals surface area contributed by atoms with E-state index in [1.807, 2.05) is 0 Å². The molecule has 0 spiro atoms. The van der Waals surface area contributed by atoms with Gasteiger partial charge < -0.3 is 0 Å². The van der Waals surface area contributed by atoms with Crippen molar-refractivity contribution in [3.8, 4) is 0 Å². The Labute approximate surface area is 120 Å². The van der Waals surface area contributed by atoms with E-state index in [0.717, 1.165) is 6.14 Å². The van der Waals surface area contributed by atoms with E-state index in [1.165, 1.54) is 24.3 Å². The number of nitro benzene ring substituents is 2. The van der Waals surface area contributed by atoms with Gasteiger partial charge in [-0.15, -0.1) is 0 Å². The van der Waals surface area contributed by atoms with Gasteiger partial charge in [-0.1, -0.05) is 0 Å². The van der Waals surface area contributed by atoms with Gasteiger partial charge in [-0.25, -0.2) is 0 Å². The van der Waals surface area contributed by atoms with E-state index in [2.05, 4.69) is 0 Å². The minimum atomic E-state index is -1.56. The second-order valence-corrected chi connectivity index (χ2v) is 11.7. The fraction of sp³-hybridized carbons (Fsp3) is 0. The zero-order chi connectivity index (χ0) is 13.8. The first-order valence-electron chi connectivity index (χ1n) is 5.53. The molecule has 0 amide bonds. The molecule has 0 aliphatic heterocycles. The molecule has 2 aromatic rings. The standard InChI is InChI=1S/2C6H4NO2.Hg/c2*8-7(9)6-4-2-1-3-5-6;/h2*2-5H;. The monoisotopic (exact) mass is 446 g/mol. The summed E-state index contributed by atoms with van der Waals surface area (Å²) >= 11 is -1.56. The molecule has 0 unspecified atom stereocenters. The summed E-state index contributed by atoms with van der Waals surface area (Å²) in [5, 5.41) is 21.1. The topological polar surface area (TPSA) is 86.3 Å². The summed E-state index contributed by atoms with van der Waals surface area (Å²) in [6.07, 6.45) is 0. The molecule has 2 rings (SSSR count). The van der Waals surface area contributed by atoms with Crippen LogP contribution in [0.1, 0.15) is 0 Å². The fourth-order valence-electron chi connectivity index (χ4n) is 1.71. The first kappa shape index (κ1) is 13.6. The Morgan fingerprint density at radius 1 is 0.684 bits per heavy atom. The van der Waals surface area contributed by atoms with Crippen molar-refractivity contribution >= 4 is 17.5 Å². The number of non-ortho nitro benzene ring substituents is 2. The number of hydrogen-bond donors (Lipinski definition) is 0. The molecule has 0 aliphatic carbocycles. The number of nitrogens with zero attached hydrogens (tertiary/aromatic N) is 2. The summed E-state index contributed by atoms with van der Waals surface area (Å²) in [5.41, 5.74) is 0.168. The van der Waals surface area contributed by atoms with E-state index in [1.54, 1.807) is 24.3 Å². The van der Waals surface area contributed by atoms with E-state index < -0.39 is 34.4 Å². The maximum atomic E-state index is 10.5. The molecule has 6 nitrogen and oxygen atoms in total. The Morgan fingerprint density at radius 2 is 1.00 bits per heavy atom. The molecule has 0 bridgehead atoms. The molecule has 0 aliphatic rings. The van der Waals surface area contributed by atoms with Crippen molar-refractivity contribution in [2.75, 3.05) is 0 Å². The number of hydrogen-bond acceptors (Lipinski definition) is 4. The molecule has 92 valence electrons. The normalized spacial score (nSPS) is 9.68. The Balaban J connectivity index is 2.12. The maximum absolute atomic E-state index is 10.5. The van der Waals surface area contributed by atoms with Crippen molar-refractivity contribution in [2.24, 2.45) is 0 Å². The number of rotatable bonds is 4. The van der Waals surface area contributed by atoms with Gasteiger partial charge in [-0.2, -0.15) is 0 Å². The van der Waals surface area contributed by atoms with Crippen molar-refractivity contribution < 1.29 is 34.4 Å². The average Bonchev–Trinajstić information content (AvgIpc) is 2.40. The van der Waals surface area contributed by atoms with E-state index in [4.69, 9.17) is 0 Å².